The normalized spacial score (nSPS) is 16.1. The highest BCUT2D eigenvalue weighted by molar-refractivity contribution is 5.86. The predicted molar refractivity (Wildman–Crippen MR) is 103 cm³/mol. The first kappa shape index (κ1) is 24.2. The third-order valence-electron chi connectivity index (χ3n) is 4.10. The highest BCUT2D eigenvalue weighted by Crippen LogP contribution is 2.22. The van der Waals surface area contributed by atoms with Gasteiger partial charge < -0.3 is 10.2 Å². The molecule has 1 aliphatic heterocycles. The van der Waals surface area contributed by atoms with Gasteiger partial charge in [-0.1, -0.05) is 44.2 Å². The van der Waals surface area contributed by atoms with Crippen molar-refractivity contribution in [3.05, 3.63) is 35.9 Å². The molecule has 1 heterocycles. The van der Waals surface area contributed by atoms with Crippen LogP contribution in [-0.2, 0) is 0 Å². The lowest BCUT2D eigenvalue weighted by Crippen LogP contribution is -2.48. The van der Waals surface area contributed by atoms with Gasteiger partial charge in [0.1, 0.15) is 0 Å². The van der Waals surface area contributed by atoms with Crippen LogP contribution in [0.3, 0.4) is 0 Å². The Hall–Kier alpha value is -0.0300. The van der Waals surface area contributed by atoms with Gasteiger partial charge in [0.15, 0.2) is 0 Å². The zero-order chi connectivity index (χ0) is 13.5. The summed E-state index contributed by atoms with van der Waals surface area (Å²) in [7, 11) is 0. The summed E-state index contributed by atoms with van der Waals surface area (Å²) >= 11 is 0. The number of nitrogens with zero attached hydrogens (tertiary/aromatic N) is 2. The lowest BCUT2D eigenvalue weighted by Gasteiger charge is -2.37. The van der Waals surface area contributed by atoms with E-state index in [1.807, 2.05) is 0 Å². The van der Waals surface area contributed by atoms with Gasteiger partial charge >= 0.3 is 0 Å². The van der Waals surface area contributed by atoms with Crippen molar-refractivity contribution < 1.29 is 0 Å². The van der Waals surface area contributed by atoms with Gasteiger partial charge in [-0.25, -0.2) is 0 Å². The summed E-state index contributed by atoms with van der Waals surface area (Å²) < 4.78 is 0. The Morgan fingerprint density at radius 2 is 1.55 bits per heavy atom. The summed E-state index contributed by atoms with van der Waals surface area (Å²) in [4.78, 5) is 5.16. The van der Waals surface area contributed by atoms with E-state index in [0.29, 0.717) is 6.04 Å². The fourth-order valence-corrected chi connectivity index (χ4v) is 2.83. The van der Waals surface area contributed by atoms with E-state index in [-0.39, 0.29) is 37.2 Å². The Labute approximate surface area is 154 Å². The van der Waals surface area contributed by atoms with Crippen molar-refractivity contribution in [2.45, 2.75) is 19.9 Å². The first-order valence-corrected chi connectivity index (χ1v) is 7.57. The molecule has 1 saturated heterocycles. The molecule has 3 nitrogen and oxygen atoms in total. The molecule has 0 aliphatic carbocycles. The molecule has 1 atom stereocenters. The maximum atomic E-state index is 3.45. The van der Waals surface area contributed by atoms with Crippen LogP contribution in [0.1, 0.15) is 25.5 Å². The van der Waals surface area contributed by atoms with Crippen molar-refractivity contribution >= 4 is 37.2 Å². The average Bonchev–Trinajstić information content (AvgIpc) is 2.50. The predicted octanol–water partition coefficient (Wildman–Crippen LogP) is 3.24. The topological polar surface area (TPSA) is 18.5 Å². The average molecular weight is 371 g/mol. The van der Waals surface area contributed by atoms with Crippen LogP contribution < -0.4 is 5.32 Å². The standard InChI is InChI=1S/C16H27N3.3ClH/c1-3-18(4-2)14-16(15-8-6-5-7-9-15)19-12-10-17-11-13-19;;;/h5-9,16-17H,3-4,10-14H2,1-2H3;3*1H. The van der Waals surface area contributed by atoms with Gasteiger partial charge in [-0.3, -0.25) is 4.90 Å². The molecule has 1 aromatic rings. The highest BCUT2D eigenvalue weighted by atomic mass is 35.5. The molecule has 1 aliphatic rings. The molecular formula is C16H30Cl3N3. The number of rotatable bonds is 6. The zero-order valence-corrected chi connectivity index (χ0v) is 16.0. The highest BCUT2D eigenvalue weighted by Gasteiger charge is 2.23. The van der Waals surface area contributed by atoms with E-state index in [2.05, 4.69) is 59.3 Å². The van der Waals surface area contributed by atoms with E-state index in [1.165, 1.54) is 5.56 Å². The molecule has 0 spiro atoms. The lowest BCUT2D eigenvalue weighted by molar-refractivity contribution is 0.129. The van der Waals surface area contributed by atoms with Crippen LogP contribution in [0.4, 0.5) is 0 Å². The quantitative estimate of drug-likeness (QED) is 0.829. The molecule has 22 heavy (non-hydrogen) atoms. The molecule has 0 saturated carbocycles. The molecule has 130 valence electrons. The minimum atomic E-state index is 0. The van der Waals surface area contributed by atoms with E-state index in [9.17, 15) is 0 Å². The molecule has 0 aromatic heterocycles. The summed E-state index contributed by atoms with van der Waals surface area (Å²) in [6.07, 6.45) is 0. The Morgan fingerprint density at radius 3 is 2.05 bits per heavy atom. The largest absolute Gasteiger partial charge is 0.314 e. The molecular weight excluding hydrogens is 341 g/mol. The van der Waals surface area contributed by atoms with Gasteiger partial charge in [0.25, 0.3) is 0 Å². The van der Waals surface area contributed by atoms with Gasteiger partial charge in [-0.15, -0.1) is 37.2 Å². The molecule has 2 rings (SSSR count). The van der Waals surface area contributed by atoms with Crippen molar-refractivity contribution in [3.63, 3.8) is 0 Å². The SMILES string of the molecule is CCN(CC)CC(c1ccccc1)N1CCNCC1.Cl.Cl.Cl. The van der Waals surface area contributed by atoms with Gasteiger partial charge in [0, 0.05) is 38.8 Å². The smallest absolute Gasteiger partial charge is 0.0476 e. The molecule has 1 unspecified atom stereocenters. The van der Waals surface area contributed by atoms with Crippen LogP contribution in [0.25, 0.3) is 0 Å². The van der Waals surface area contributed by atoms with Gasteiger partial charge in [-0.2, -0.15) is 0 Å². The number of benzene rings is 1. The summed E-state index contributed by atoms with van der Waals surface area (Å²) in [5.74, 6) is 0. The van der Waals surface area contributed by atoms with E-state index >= 15 is 0 Å². The van der Waals surface area contributed by atoms with Gasteiger partial charge in [-0.05, 0) is 18.7 Å². The second-order valence-electron chi connectivity index (χ2n) is 5.20. The number of halogens is 3. The minimum Gasteiger partial charge on any atom is -0.314 e. The third-order valence-corrected chi connectivity index (χ3v) is 4.10. The van der Waals surface area contributed by atoms with E-state index in [1.54, 1.807) is 0 Å². The van der Waals surface area contributed by atoms with Crippen molar-refractivity contribution in [3.8, 4) is 0 Å². The second-order valence-corrected chi connectivity index (χ2v) is 5.20. The number of hydrogen-bond acceptors (Lipinski definition) is 3. The molecule has 1 N–H and O–H groups in total. The Morgan fingerprint density at radius 1 is 1.00 bits per heavy atom. The zero-order valence-electron chi connectivity index (χ0n) is 13.5. The van der Waals surface area contributed by atoms with Gasteiger partial charge in [0.2, 0.25) is 0 Å². The van der Waals surface area contributed by atoms with Crippen LogP contribution in [0, 0.1) is 0 Å². The minimum absolute atomic E-state index is 0. The van der Waals surface area contributed by atoms with Crippen LogP contribution in [0.2, 0.25) is 0 Å². The Balaban J connectivity index is 0. The van der Waals surface area contributed by atoms with Crippen LogP contribution in [0.5, 0.6) is 0 Å². The van der Waals surface area contributed by atoms with Crippen molar-refractivity contribution in [2.24, 2.45) is 0 Å². The molecule has 0 bridgehead atoms. The van der Waals surface area contributed by atoms with E-state index < -0.39 is 0 Å². The van der Waals surface area contributed by atoms with Crippen LogP contribution in [0.15, 0.2) is 30.3 Å². The van der Waals surface area contributed by atoms with Crippen LogP contribution >= 0.6 is 37.2 Å². The number of hydrogen-bond donors (Lipinski definition) is 1. The summed E-state index contributed by atoms with van der Waals surface area (Å²) in [5, 5.41) is 3.45. The summed E-state index contributed by atoms with van der Waals surface area (Å²) in [6, 6.07) is 11.5. The monoisotopic (exact) mass is 369 g/mol. The number of likely N-dealkylation sites (N-methyl/N-ethyl adjacent to an activating group) is 1. The molecule has 0 amide bonds. The fourth-order valence-electron chi connectivity index (χ4n) is 2.83. The second kappa shape index (κ2) is 13.4. The maximum absolute atomic E-state index is 3.45. The lowest BCUT2D eigenvalue weighted by atomic mass is 10.0. The molecule has 1 fully saturated rings. The third kappa shape index (κ3) is 7.03. The van der Waals surface area contributed by atoms with Crippen molar-refractivity contribution in [2.75, 3.05) is 45.8 Å². The Bertz CT molecular complexity index is 355. The summed E-state index contributed by atoms with van der Waals surface area (Å²) in [5.41, 5.74) is 1.45. The number of piperazine rings is 1. The van der Waals surface area contributed by atoms with Crippen molar-refractivity contribution in [1.82, 2.24) is 15.1 Å². The van der Waals surface area contributed by atoms with Gasteiger partial charge in [0.05, 0.1) is 0 Å². The fraction of sp³-hybridized carbons (Fsp3) is 0.625. The first-order chi connectivity index (χ1) is 9.35. The van der Waals surface area contributed by atoms with Crippen molar-refractivity contribution in [1.29, 1.82) is 0 Å². The molecule has 6 heteroatoms. The van der Waals surface area contributed by atoms with E-state index in [0.717, 1.165) is 45.8 Å². The Kier molecular flexibility index (Phi) is 14.8. The first-order valence-electron chi connectivity index (χ1n) is 7.57. The number of nitrogens with one attached hydrogen (secondary N) is 1. The maximum Gasteiger partial charge on any atom is 0.0476 e. The molecule has 1 aromatic carbocycles. The van der Waals surface area contributed by atoms with Crippen LogP contribution in [-0.4, -0.2) is 55.6 Å². The van der Waals surface area contributed by atoms with E-state index in [4.69, 9.17) is 0 Å². The summed E-state index contributed by atoms with van der Waals surface area (Å²) in [6.45, 7) is 12.4. The molecule has 0 radical (unpaired) electrons.